The Labute approximate surface area is 97.4 Å². The third-order valence-electron chi connectivity index (χ3n) is 1.77. The number of hydrogen-bond acceptors (Lipinski definition) is 2. The van der Waals surface area contributed by atoms with Crippen LogP contribution in [-0.2, 0) is 6.54 Å². The monoisotopic (exact) mass is 277 g/mol. The van der Waals surface area contributed by atoms with Crippen LogP contribution in [0.15, 0.2) is 22.7 Å². The largest absolute Gasteiger partial charge is 0.392 e. The Bertz CT molecular complexity index is 304. The van der Waals surface area contributed by atoms with Crippen molar-refractivity contribution < 1.29 is 5.11 Å². The maximum absolute atomic E-state index is 9.04. The molecule has 4 heteroatoms. The minimum Gasteiger partial charge on any atom is -0.392 e. The van der Waals surface area contributed by atoms with Gasteiger partial charge in [0.25, 0.3) is 0 Å². The van der Waals surface area contributed by atoms with Crippen molar-refractivity contribution in [3.63, 3.8) is 0 Å². The number of hydrogen-bond donors (Lipinski definition) is 2. The Morgan fingerprint density at radius 2 is 2.29 bits per heavy atom. The van der Waals surface area contributed by atoms with Gasteiger partial charge in [-0.25, -0.2) is 0 Å². The molecule has 0 heterocycles. The van der Waals surface area contributed by atoms with Gasteiger partial charge in [-0.05, 0) is 24.6 Å². The molecule has 0 saturated heterocycles. The highest BCUT2D eigenvalue weighted by Crippen LogP contribution is 2.20. The maximum atomic E-state index is 9.04. The first-order valence-electron chi connectivity index (χ1n) is 4.42. The molecule has 0 bridgehead atoms. The fraction of sp³-hybridized carbons (Fsp3) is 0.400. The van der Waals surface area contributed by atoms with E-state index < -0.39 is 0 Å². The minimum absolute atomic E-state index is 0.329. The van der Waals surface area contributed by atoms with Crippen LogP contribution < -0.4 is 5.32 Å². The van der Waals surface area contributed by atoms with Crippen molar-refractivity contribution in [2.45, 2.75) is 19.6 Å². The lowest BCUT2D eigenvalue weighted by molar-refractivity contribution is 0.191. The van der Waals surface area contributed by atoms with Gasteiger partial charge in [0.05, 0.1) is 6.10 Å². The third kappa shape index (κ3) is 3.96. The Balaban J connectivity index is 2.51. The summed E-state index contributed by atoms with van der Waals surface area (Å²) in [7, 11) is 0. The van der Waals surface area contributed by atoms with E-state index in [1.165, 1.54) is 0 Å². The Kier molecular flexibility index (Phi) is 4.89. The molecule has 0 saturated carbocycles. The molecule has 2 nitrogen and oxygen atoms in total. The number of nitrogens with one attached hydrogen (secondary N) is 1. The summed E-state index contributed by atoms with van der Waals surface area (Å²) in [6, 6.07) is 5.77. The molecule has 78 valence electrons. The summed E-state index contributed by atoms with van der Waals surface area (Å²) in [5.41, 5.74) is 1.04. The van der Waals surface area contributed by atoms with Crippen LogP contribution in [0.2, 0.25) is 5.02 Å². The van der Waals surface area contributed by atoms with Gasteiger partial charge in [0.15, 0.2) is 0 Å². The summed E-state index contributed by atoms with van der Waals surface area (Å²) in [5.74, 6) is 0. The molecule has 1 rings (SSSR count). The zero-order valence-electron chi connectivity index (χ0n) is 7.93. The van der Waals surface area contributed by atoms with Gasteiger partial charge in [-0.15, -0.1) is 0 Å². The molecule has 0 fully saturated rings. The van der Waals surface area contributed by atoms with Crippen molar-refractivity contribution in [2.24, 2.45) is 0 Å². The molecule has 0 unspecified atom stereocenters. The van der Waals surface area contributed by atoms with E-state index in [4.69, 9.17) is 16.7 Å². The van der Waals surface area contributed by atoms with Crippen molar-refractivity contribution in [3.8, 4) is 0 Å². The molecule has 0 spiro atoms. The van der Waals surface area contributed by atoms with Gasteiger partial charge in [-0.1, -0.05) is 33.6 Å². The molecule has 0 radical (unpaired) electrons. The summed E-state index contributed by atoms with van der Waals surface area (Å²) < 4.78 is 0.974. The van der Waals surface area contributed by atoms with E-state index in [2.05, 4.69) is 21.2 Å². The molecular formula is C10H13BrClNO. The highest BCUT2D eigenvalue weighted by molar-refractivity contribution is 9.10. The number of benzene rings is 1. The molecule has 0 aliphatic carbocycles. The van der Waals surface area contributed by atoms with Gasteiger partial charge < -0.3 is 10.4 Å². The highest BCUT2D eigenvalue weighted by atomic mass is 79.9. The summed E-state index contributed by atoms with van der Waals surface area (Å²) in [6.45, 7) is 3.00. The predicted octanol–water partition coefficient (Wildman–Crippen LogP) is 2.57. The Hall–Kier alpha value is -0.0900. The lowest BCUT2D eigenvalue weighted by Crippen LogP contribution is -2.23. The lowest BCUT2D eigenvalue weighted by atomic mass is 10.2. The van der Waals surface area contributed by atoms with Crippen molar-refractivity contribution in [1.29, 1.82) is 0 Å². The zero-order valence-corrected chi connectivity index (χ0v) is 10.3. The number of rotatable bonds is 4. The molecule has 1 aromatic carbocycles. The summed E-state index contributed by atoms with van der Waals surface area (Å²) >= 11 is 9.36. The molecule has 1 atom stereocenters. The average molecular weight is 279 g/mol. The van der Waals surface area contributed by atoms with Crippen molar-refractivity contribution >= 4 is 27.5 Å². The van der Waals surface area contributed by atoms with Gasteiger partial charge in [-0.2, -0.15) is 0 Å². The number of halogens is 2. The molecule has 0 aliphatic heterocycles. The predicted molar refractivity (Wildman–Crippen MR) is 62.5 cm³/mol. The SMILES string of the molecule is C[C@@H](O)CNCc1ccc(Br)cc1Cl. The molecule has 2 N–H and O–H groups in total. The van der Waals surface area contributed by atoms with Gasteiger partial charge in [-0.3, -0.25) is 0 Å². The topological polar surface area (TPSA) is 32.3 Å². The summed E-state index contributed by atoms with van der Waals surface area (Å²) in [6.07, 6.45) is -0.329. The Morgan fingerprint density at radius 1 is 1.57 bits per heavy atom. The molecule has 0 amide bonds. The van der Waals surface area contributed by atoms with Crippen LogP contribution in [0.5, 0.6) is 0 Å². The fourth-order valence-electron chi connectivity index (χ4n) is 1.08. The smallest absolute Gasteiger partial charge is 0.0636 e. The first kappa shape index (κ1) is 12.0. The van der Waals surface area contributed by atoms with Crippen LogP contribution in [-0.4, -0.2) is 17.8 Å². The molecule has 0 aromatic heterocycles. The fourth-order valence-corrected chi connectivity index (χ4v) is 1.82. The van der Waals surface area contributed by atoms with Crippen molar-refractivity contribution in [1.82, 2.24) is 5.32 Å². The number of aliphatic hydroxyl groups excluding tert-OH is 1. The second kappa shape index (κ2) is 5.71. The van der Waals surface area contributed by atoms with E-state index in [0.717, 1.165) is 15.1 Å². The van der Waals surface area contributed by atoms with Gasteiger partial charge in [0.1, 0.15) is 0 Å². The van der Waals surface area contributed by atoms with E-state index in [1.807, 2.05) is 18.2 Å². The minimum atomic E-state index is -0.329. The van der Waals surface area contributed by atoms with Gasteiger partial charge in [0.2, 0.25) is 0 Å². The van der Waals surface area contributed by atoms with E-state index in [-0.39, 0.29) is 6.10 Å². The van der Waals surface area contributed by atoms with Crippen LogP contribution >= 0.6 is 27.5 Å². The van der Waals surface area contributed by atoms with Gasteiger partial charge >= 0.3 is 0 Å². The third-order valence-corrected chi connectivity index (χ3v) is 2.62. The van der Waals surface area contributed by atoms with Crippen LogP contribution in [0.3, 0.4) is 0 Å². The first-order valence-corrected chi connectivity index (χ1v) is 5.59. The second-order valence-corrected chi connectivity index (χ2v) is 4.54. The standard InChI is InChI=1S/C10H13BrClNO/c1-7(14)5-13-6-8-2-3-9(11)4-10(8)12/h2-4,7,13-14H,5-6H2,1H3/t7-/m1/s1. The van der Waals surface area contributed by atoms with E-state index >= 15 is 0 Å². The summed E-state index contributed by atoms with van der Waals surface area (Å²) in [5, 5.41) is 12.9. The molecule has 1 aromatic rings. The van der Waals surface area contributed by atoms with E-state index in [0.29, 0.717) is 13.1 Å². The van der Waals surface area contributed by atoms with Crippen molar-refractivity contribution in [3.05, 3.63) is 33.3 Å². The molecular weight excluding hydrogens is 265 g/mol. The van der Waals surface area contributed by atoms with Gasteiger partial charge in [0, 0.05) is 22.6 Å². The number of aliphatic hydroxyl groups is 1. The van der Waals surface area contributed by atoms with E-state index in [9.17, 15) is 0 Å². The molecule has 0 aliphatic rings. The highest BCUT2D eigenvalue weighted by Gasteiger charge is 2.01. The zero-order chi connectivity index (χ0) is 10.6. The Morgan fingerprint density at radius 3 is 2.86 bits per heavy atom. The average Bonchev–Trinajstić information content (AvgIpc) is 2.08. The summed E-state index contributed by atoms with van der Waals surface area (Å²) in [4.78, 5) is 0. The molecule has 14 heavy (non-hydrogen) atoms. The van der Waals surface area contributed by atoms with Crippen LogP contribution in [0, 0.1) is 0 Å². The van der Waals surface area contributed by atoms with E-state index in [1.54, 1.807) is 6.92 Å². The van der Waals surface area contributed by atoms with Crippen LogP contribution in [0.1, 0.15) is 12.5 Å². The maximum Gasteiger partial charge on any atom is 0.0636 e. The lowest BCUT2D eigenvalue weighted by Gasteiger charge is -2.08. The quantitative estimate of drug-likeness (QED) is 0.887. The first-order chi connectivity index (χ1) is 6.59. The second-order valence-electron chi connectivity index (χ2n) is 3.22. The van der Waals surface area contributed by atoms with Crippen LogP contribution in [0.4, 0.5) is 0 Å². The van der Waals surface area contributed by atoms with Crippen molar-refractivity contribution in [2.75, 3.05) is 6.54 Å². The normalized spacial score (nSPS) is 12.9. The van der Waals surface area contributed by atoms with Crippen LogP contribution in [0.25, 0.3) is 0 Å².